The molecule has 2 atom stereocenters. The van der Waals surface area contributed by atoms with Crippen LogP contribution in [0.3, 0.4) is 0 Å². The van der Waals surface area contributed by atoms with Gasteiger partial charge in [-0.15, -0.1) is 11.3 Å². The normalized spacial score (nSPS) is 25.3. The fourth-order valence-electron chi connectivity index (χ4n) is 3.60. The maximum absolute atomic E-state index is 12.6. The van der Waals surface area contributed by atoms with Crippen LogP contribution in [0.15, 0.2) is 18.3 Å². The van der Waals surface area contributed by atoms with E-state index in [2.05, 4.69) is 15.2 Å². The van der Waals surface area contributed by atoms with Gasteiger partial charge >= 0.3 is 0 Å². The Balaban J connectivity index is 1.58. The van der Waals surface area contributed by atoms with E-state index in [1.807, 2.05) is 12.1 Å². The lowest BCUT2D eigenvalue weighted by Gasteiger charge is -2.21. The van der Waals surface area contributed by atoms with Crippen LogP contribution in [0.25, 0.3) is 10.2 Å². The first-order chi connectivity index (χ1) is 10.2. The number of nitrogens with one attached hydrogen (secondary N) is 1. The molecule has 21 heavy (non-hydrogen) atoms. The van der Waals surface area contributed by atoms with E-state index in [1.165, 1.54) is 30.7 Å². The van der Waals surface area contributed by atoms with Crippen LogP contribution in [0.4, 0.5) is 5.69 Å². The Morgan fingerprint density at radius 2 is 2.33 bits per heavy atom. The van der Waals surface area contributed by atoms with E-state index >= 15 is 0 Å². The van der Waals surface area contributed by atoms with Crippen LogP contribution in [-0.4, -0.2) is 41.0 Å². The summed E-state index contributed by atoms with van der Waals surface area (Å²) in [6.07, 6.45) is 5.20. The molecular formula is C15H18N4OS. The largest absolute Gasteiger partial charge is 0.397 e. The molecule has 2 saturated heterocycles. The van der Waals surface area contributed by atoms with Crippen molar-refractivity contribution >= 4 is 33.1 Å². The molecule has 110 valence electrons. The number of fused-ring (bicyclic) bond motifs is 2. The first-order valence-corrected chi connectivity index (χ1v) is 8.23. The summed E-state index contributed by atoms with van der Waals surface area (Å²) in [7, 11) is 0. The first-order valence-electron chi connectivity index (χ1n) is 7.42. The molecule has 4 rings (SSSR count). The molecule has 2 unspecified atom stereocenters. The highest BCUT2D eigenvalue weighted by molar-refractivity contribution is 7.21. The van der Waals surface area contributed by atoms with Gasteiger partial charge in [0.25, 0.3) is 5.91 Å². The van der Waals surface area contributed by atoms with Gasteiger partial charge in [-0.1, -0.05) is 0 Å². The number of thiophene rings is 1. The van der Waals surface area contributed by atoms with E-state index < -0.39 is 0 Å². The highest BCUT2D eigenvalue weighted by Crippen LogP contribution is 2.33. The molecule has 2 aliphatic heterocycles. The molecular weight excluding hydrogens is 284 g/mol. The average Bonchev–Trinajstić information content (AvgIpc) is 3.16. The zero-order valence-corrected chi connectivity index (χ0v) is 12.5. The predicted octanol–water partition coefficient (Wildman–Crippen LogP) is 1.84. The van der Waals surface area contributed by atoms with E-state index in [9.17, 15) is 4.79 Å². The lowest BCUT2D eigenvalue weighted by molar-refractivity contribution is 0.0934. The second kappa shape index (κ2) is 4.96. The number of aromatic nitrogens is 1. The molecule has 2 aliphatic rings. The predicted molar refractivity (Wildman–Crippen MR) is 84.5 cm³/mol. The quantitative estimate of drug-likeness (QED) is 0.888. The van der Waals surface area contributed by atoms with Crippen LogP contribution in [-0.2, 0) is 0 Å². The van der Waals surface area contributed by atoms with Gasteiger partial charge in [0.2, 0.25) is 0 Å². The molecule has 3 N–H and O–H groups in total. The van der Waals surface area contributed by atoms with Gasteiger partial charge in [-0.25, -0.2) is 4.98 Å². The third kappa shape index (κ3) is 2.10. The minimum atomic E-state index is -0.0470. The average molecular weight is 302 g/mol. The second-order valence-corrected chi connectivity index (χ2v) is 6.81. The molecule has 0 aromatic carbocycles. The topological polar surface area (TPSA) is 71.2 Å². The Bertz CT molecular complexity index is 698. The monoisotopic (exact) mass is 302 g/mol. The molecule has 2 aromatic rings. The molecule has 0 bridgehead atoms. The van der Waals surface area contributed by atoms with Gasteiger partial charge in [-0.05, 0) is 37.9 Å². The molecule has 0 spiro atoms. The van der Waals surface area contributed by atoms with Crippen LogP contribution in [0.5, 0.6) is 0 Å². The SMILES string of the molecule is Nc1c(C(=O)NC2CCN3CCCC23)sc2ncccc12. The lowest BCUT2D eigenvalue weighted by Crippen LogP contribution is -2.42. The van der Waals surface area contributed by atoms with E-state index in [0.29, 0.717) is 16.6 Å². The number of anilines is 1. The van der Waals surface area contributed by atoms with Crippen molar-refractivity contribution in [2.75, 3.05) is 18.8 Å². The van der Waals surface area contributed by atoms with Crippen molar-refractivity contribution in [3.63, 3.8) is 0 Å². The summed E-state index contributed by atoms with van der Waals surface area (Å²) in [6, 6.07) is 4.54. The maximum atomic E-state index is 12.6. The van der Waals surface area contributed by atoms with Gasteiger partial charge < -0.3 is 11.1 Å². The van der Waals surface area contributed by atoms with Crippen molar-refractivity contribution < 1.29 is 4.79 Å². The van der Waals surface area contributed by atoms with Gasteiger partial charge in [-0.2, -0.15) is 0 Å². The van der Waals surface area contributed by atoms with Crippen molar-refractivity contribution in [2.45, 2.75) is 31.3 Å². The zero-order chi connectivity index (χ0) is 14.4. The molecule has 1 amide bonds. The first kappa shape index (κ1) is 13.0. The van der Waals surface area contributed by atoms with E-state index in [0.717, 1.165) is 23.2 Å². The Labute approximate surface area is 127 Å². The van der Waals surface area contributed by atoms with E-state index in [-0.39, 0.29) is 11.9 Å². The summed E-state index contributed by atoms with van der Waals surface area (Å²) in [4.78, 5) is 20.7. The fourth-order valence-corrected chi connectivity index (χ4v) is 4.57. The standard InChI is InChI=1S/C15H18N4OS/c16-12-9-3-1-6-17-15(9)21-13(12)14(20)18-10-5-8-19-7-2-4-11(10)19/h1,3,6,10-11H,2,4-5,7-8,16H2,(H,18,20). The summed E-state index contributed by atoms with van der Waals surface area (Å²) >= 11 is 1.38. The van der Waals surface area contributed by atoms with Crippen molar-refractivity contribution in [3.05, 3.63) is 23.2 Å². The van der Waals surface area contributed by atoms with Crippen LogP contribution >= 0.6 is 11.3 Å². The number of nitrogens with zero attached hydrogens (tertiary/aromatic N) is 2. The molecule has 0 radical (unpaired) electrons. The van der Waals surface area contributed by atoms with Crippen LogP contribution in [0, 0.1) is 0 Å². The maximum Gasteiger partial charge on any atom is 0.263 e. The molecule has 0 aliphatic carbocycles. The number of hydrogen-bond donors (Lipinski definition) is 2. The number of carbonyl (C=O) groups excluding carboxylic acids is 1. The Hall–Kier alpha value is -1.66. The Kier molecular flexibility index (Phi) is 3.08. The molecule has 6 heteroatoms. The van der Waals surface area contributed by atoms with Crippen LogP contribution < -0.4 is 11.1 Å². The van der Waals surface area contributed by atoms with Crippen molar-refractivity contribution in [1.29, 1.82) is 0 Å². The van der Waals surface area contributed by atoms with Gasteiger partial charge in [0.1, 0.15) is 9.71 Å². The van der Waals surface area contributed by atoms with Gasteiger partial charge in [0, 0.05) is 30.2 Å². The zero-order valence-electron chi connectivity index (χ0n) is 11.7. The van der Waals surface area contributed by atoms with Gasteiger partial charge in [-0.3, -0.25) is 9.69 Å². The number of nitrogens with two attached hydrogens (primary N) is 1. The lowest BCUT2D eigenvalue weighted by atomic mass is 10.1. The Morgan fingerprint density at radius 3 is 3.19 bits per heavy atom. The van der Waals surface area contributed by atoms with Gasteiger partial charge in [0.15, 0.2) is 0 Å². The Morgan fingerprint density at radius 1 is 1.43 bits per heavy atom. The summed E-state index contributed by atoms with van der Waals surface area (Å²) < 4.78 is 0. The second-order valence-electron chi connectivity index (χ2n) is 5.82. The van der Waals surface area contributed by atoms with E-state index in [4.69, 9.17) is 5.73 Å². The van der Waals surface area contributed by atoms with E-state index in [1.54, 1.807) is 6.20 Å². The fraction of sp³-hybridized carbons (Fsp3) is 0.467. The van der Waals surface area contributed by atoms with Crippen LogP contribution in [0.2, 0.25) is 0 Å². The molecule has 2 fully saturated rings. The number of carbonyl (C=O) groups is 1. The third-order valence-corrected chi connectivity index (χ3v) is 5.76. The van der Waals surface area contributed by atoms with Crippen molar-refractivity contribution in [3.8, 4) is 0 Å². The van der Waals surface area contributed by atoms with Crippen molar-refractivity contribution in [1.82, 2.24) is 15.2 Å². The molecule has 0 saturated carbocycles. The summed E-state index contributed by atoms with van der Waals surface area (Å²) in [5.41, 5.74) is 6.68. The number of rotatable bonds is 2. The highest BCUT2D eigenvalue weighted by atomic mass is 32.1. The number of pyridine rings is 1. The summed E-state index contributed by atoms with van der Waals surface area (Å²) in [6.45, 7) is 2.27. The number of amides is 1. The third-order valence-electron chi connectivity index (χ3n) is 4.63. The number of nitrogen functional groups attached to an aromatic ring is 1. The summed E-state index contributed by atoms with van der Waals surface area (Å²) in [5.74, 6) is -0.0470. The van der Waals surface area contributed by atoms with Crippen LogP contribution in [0.1, 0.15) is 28.9 Å². The van der Waals surface area contributed by atoms with Crippen molar-refractivity contribution in [2.24, 2.45) is 0 Å². The summed E-state index contributed by atoms with van der Waals surface area (Å²) in [5, 5.41) is 4.07. The highest BCUT2D eigenvalue weighted by Gasteiger charge is 2.38. The minimum Gasteiger partial charge on any atom is -0.397 e. The van der Waals surface area contributed by atoms with Gasteiger partial charge in [0.05, 0.1) is 5.69 Å². The molecule has 5 nitrogen and oxygen atoms in total. The smallest absolute Gasteiger partial charge is 0.263 e. The minimum absolute atomic E-state index is 0.0470. The molecule has 4 heterocycles. The molecule has 2 aromatic heterocycles. The number of hydrogen-bond acceptors (Lipinski definition) is 5.